The highest BCUT2D eigenvalue weighted by molar-refractivity contribution is 5.79. The lowest BCUT2D eigenvalue weighted by atomic mass is 9.79. The molecule has 2 unspecified atom stereocenters. The fraction of sp³-hybridized carbons (Fsp3) is 0.900. The Morgan fingerprint density at radius 3 is 2.92 bits per heavy atom. The number of rotatable bonds is 0. The minimum Gasteiger partial charge on any atom is -0.380 e. The molecule has 4 atom stereocenters. The van der Waals surface area contributed by atoms with E-state index in [4.69, 9.17) is 4.74 Å². The zero-order valence-corrected chi connectivity index (χ0v) is 8.25. The second-order valence-corrected chi connectivity index (χ2v) is 4.39. The predicted octanol–water partition coefficient (Wildman–Crippen LogP) is 0.651. The van der Waals surface area contributed by atoms with Crippen molar-refractivity contribution in [1.82, 2.24) is 5.32 Å². The van der Waals surface area contributed by atoms with Gasteiger partial charge in [0.25, 0.3) is 0 Å². The van der Waals surface area contributed by atoms with E-state index in [9.17, 15) is 4.79 Å². The van der Waals surface area contributed by atoms with E-state index in [0.29, 0.717) is 24.4 Å². The van der Waals surface area contributed by atoms with E-state index in [1.54, 1.807) is 0 Å². The van der Waals surface area contributed by atoms with Crippen molar-refractivity contribution in [2.45, 2.75) is 13.8 Å². The Bertz CT molecular complexity index is 217. The van der Waals surface area contributed by atoms with Crippen molar-refractivity contribution < 1.29 is 9.53 Å². The Hall–Kier alpha value is -0.570. The van der Waals surface area contributed by atoms with Crippen molar-refractivity contribution in [3.05, 3.63) is 0 Å². The summed E-state index contributed by atoms with van der Waals surface area (Å²) >= 11 is 0. The summed E-state index contributed by atoms with van der Waals surface area (Å²) < 4.78 is 5.38. The van der Waals surface area contributed by atoms with Gasteiger partial charge in [0.1, 0.15) is 0 Å². The summed E-state index contributed by atoms with van der Waals surface area (Å²) in [7, 11) is 0. The van der Waals surface area contributed by atoms with Gasteiger partial charge >= 0.3 is 0 Å². The molecule has 0 aliphatic carbocycles. The lowest BCUT2D eigenvalue weighted by molar-refractivity contribution is -0.125. The average molecular weight is 183 g/mol. The molecule has 3 heteroatoms. The summed E-state index contributed by atoms with van der Waals surface area (Å²) in [5.41, 5.74) is 0. The Balaban J connectivity index is 2.19. The van der Waals surface area contributed by atoms with Gasteiger partial charge < -0.3 is 10.1 Å². The smallest absolute Gasteiger partial charge is 0.225 e. The zero-order valence-electron chi connectivity index (χ0n) is 8.25. The van der Waals surface area contributed by atoms with Gasteiger partial charge in [0.05, 0.1) is 19.1 Å². The lowest BCUT2D eigenvalue weighted by Crippen LogP contribution is -2.32. The first-order valence-electron chi connectivity index (χ1n) is 5.05. The number of ether oxygens (including phenoxy) is 1. The normalized spacial score (nSPS) is 45.2. The molecule has 0 bridgehead atoms. The Labute approximate surface area is 78.8 Å². The molecular weight excluding hydrogens is 166 g/mol. The number of carbonyl (C=O) groups excluding carboxylic acids is 1. The number of fused-ring (bicyclic) bond motifs is 1. The first kappa shape index (κ1) is 9.00. The summed E-state index contributed by atoms with van der Waals surface area (Å²) in [5.74, 6) is 1.91. The molecule has 2 aliphatic heterocycles. The van der Waals surface area contributed by atoms with Crippen LogP contribution in [0.15, 0.2) is 0 Å². The van der Waals surface area contributed by atoms with Crippen molar-refractivity contribution >= 4 is 5.91 Å². The average Bonchev–Trinajstić information content (AvgIpc) is 2.57. The van der Waals surface area contributed by atoms with Crippen molar-refractivity contribution in [3.8, 4) is 0 Å². The molecule has 0 saturated carbocycles. The molecule has 0 radical (unpaired) electrons. The molecule has 0 aromatic heterocycles. The molecule has 2 rings (SSSR count). The first-order chi connectivity index (χ1) is 6.20. The van der Waals surface area contributed by atoms with Crippen LogP contribution in [0.25, 0.3) is 0 Å². The summed E-state index contributed by atoms with van der Waals surface area (Å²) in [5, 5.41) is 2.98. The minimum absolute atomic E-state index is 0.111. The monoisotopic (exact) mass is 183 g/mol. The summed E-state index contributed by atoms with van der Waals surface area (Å²) in [6.45, 7) is 6.65. The van der Waals surface area contributed by atoms with Crippen LogP contribution in [0.5, 0.6) is 0 Å². The third-order valence-corrected chi connectivity index (χ3v) is 3.63. The molecular formula is C10H17NO2. The minimum atomic E-state index is 0.111. The van der Waals surface area contributed by atoms with Crippen LogP contribution in [0.1, 0.15) is 13.8 Å². The number of hydrogen-bond donors (Lipinski definition) is 1. The second kappa shape index (κ2) is 3.29. The topological polar surface area (TPSA) is 38.3 Å². The molecule has 3 nitrogen and oxygen atoms in total. The van der Waals surface area contributed by atoms with Crippen LogP contribution >= 0.6 is 0 Å². The third-order valence-electron chi connectivity index (χ3n) is 3.63. The highest BCUT2D eigenvalue weighted by atomic mass is 16.5. The van der Waals surface area contributed by atoms with E-state index < -0.39 is 0 Å². The van der Waals surface area contributed by atoms with Gasteiger partial charge in [-0.1, -0.05) is 13.8 Å². The van der Waals surface area contributed by atoms with Gasteiger partial charge in [0.15, 0.2) is 0 Å². The molecule has 74 valence electrons. The second-order valence-electron chi connectivity index (χ2n) is 4.39. The maximum Gasteiger partial charge on any atom is 0.225 e. The SMILES string of the molecule is C[C@@H]1CNC(=O)C2COCC2[C@@H]1C. The van der Waals surface area contributed by atoms with Gasteiger partial charge in [-0.3, -0.25) is 4.79 Å². The Morgan fingerprint density at radius 2 is 2.15 bits per heavy atom. The molecule has 1 N–H and O–H groups in total. The van der Waals surface area contributed by atoms with E-state index in [1.807, 2.05) is 0 Å². The van der Waals surface area contributed by atoms with Crippen LogP contribution in [0.4, 0.5) is 0 Å². The van der Waals surface area contributed by atoms with Gasteiger partial charge in [0.2, 0.25) is 5.91 Å². The number of nitrogens with one attached hydrogen (secondary N) is 1. The van der Waals surface area contributed by atoms with E-state index in [1.165, 1.54) is 0 Å². The summed E-state index contributed by atoms with van der Waals surface area (Å²) in [6.07, 6.45) is 0. The van der Waals surface area contributed by atoms with E-state index in [0.717, 1.165) is 13.2 Å². The van der Waals surface area contributed by atoms with Gasteiger partial charge in [-0.25, -0.2) is 0 Å². The van der Waals surface area contributed by atoms with Gasteiger partial charge in [0, 0.05) is 6.54 Å². The van der Waals surface area contributed by atoms with Gasteiger partial charge in [-0.2, -0.15) is 0 Å². The highest BCUT2D eigenvalue weighted by Gasteiger charge is 2.41. The fourth-order valence-corrected chi connectivity index (χ4v) is 2.36. The third kappa shape index (κ3) is 1.46. The first-order valence-corrected chi connectivity index (χ1v) is 5.05. The molecule has 0 aromatic carbocycles. The van der Waals surface area contributed by atoms with Gasteiger partial charge in [-0.15, -0.1) is 0 Å². The van der Waals surface area contributed by atoms with Crippen molar-refractivity contribution in [2.24, 2.45) is 23.7 Å². The molecule has 2 saturated heterocycles. The maximum atomic E-state index is 11.6. The maximum absolute atomic E-state index is 11.6. The van der Waals surface area contributed by atoms with E-state index in [-0.39, 0.29) is 11.8 Å². The highest BCUT2D eigenvalue weighted by Crippen LogP contribution is 2.34. The van der Waals surface area contributed by atoms with Crippen LogP contribution in [-0.2, 0) is 9.53 Å². The molecule has 1 amide bonds. The van der Waals surface area contributed by atoms with Crippen molar-refractivity contribution in [3.63, 3.8) is 0 Å². The fourth-order valence-electron chi connectivity index (χ4n) is 2.36. The lowest BCUT2D eigenvalue weighted by Gasteiger charge is -2.22. The molecule has 13 heavy (non-hydrogen) atoms. The van der Waals surface area contributed by atoms with Crippen LogP contribution in [0, 0.1) is 23.7 Å². The largest absolute Gasteiger partial charge is 0.380 e. The number of hydrogen-bond acceptors (Lipinski definition) is 2. The zero-order chi connectivity index (χ0) is 9.42. The predicted molar refractivity (Wildman–Crippen MR) is 49.1 cm³/mol. The van der Waals surface area contributed by atoms with Crippen molar-refractivity contribution in [2.75, 3.05) is 19.8 Å². The van der Waals surface area contributed by atoms with Crippen LogP contribution in [0.2, 0.25) is 0 Å². The van der Waals surface area contributed by atoms with E-state index >= 15 is 0 Å². The summed E-state index contributed by atoms with van der Waals surface area (Å²) in [6, 6.07) is 0. The molecule has 0 spiro atoms. The number of carbonyl (C=O) groups is 1. The number of amides is 1. The molecule has 2 fully saturated rings. The van der Waals surface area contributed by atoms with Crippen LogP contribution in [0.3, 0.4) is 0 Å². The van der Waals surface area contributed by atoms with Gasteiger partial charge in [-0.05, 0) is 17.8 Å². The quantitative estimate of drug-likeness (QED) is 0.599. The van der Waals surface area contributed by atoms with Crippen LogP contribution in [-0.4, -0.2) is 25.7 Å². The molecule has 2 heterocycles. The van der Waals surface area contributed by atoms with Crippen LogP contribution < -0.4 is 5.32 Å². The Morgan fingerprint density at radius 1 is 1.38 bits per heavy atom. The molecule has 2 aliphatic rings. The van der Waals surface area contributed by atoms with E-state index in [2.05, 4.69) is 19.2 Å². The van der Waals surface area contributed by atoms with Crippen molar-refractivity contribution in [1.29, 1.82) is 0 Å². The molecule has 0 aromatic rings. The summed E-state index contributed by atoms with van der Waals surface area (Å²) in [4.78, 5) is 11.6. The standard InChI is InChI=1S/C10H17NO2/c1-6-3-11-10(12)9-5-13-4-8(9)7(6)2/h6-9H,3-5H2,1-2H3,(H,11,12)/t6-,7-,8?,9?/m1/s1. The Kier molecular flexibility index (Phi) is 2.28.